The quantitative estimate of drug-likeness (QED) is 0.452. The van der Waals surface area contributed by atoms with E-state index in [4.69, 9.17) is 10.1 Å². The summed E-state index contributed by atoms with van der Waals surface area (Å²) in [4.78, 5) is 14.0. The van der Waals surface area contributed by atoms with Gasteiger partial charge < -0.3 is 9.80 Å². The van der Waals surface area contributed by atoms with E-state index in [1.807, 2.05) is 23.6 Å². The summed E-state index contributed by atoms with van der Waals surface area (Å²) in [6, 6.07) is 17.3. The third-order valence-electron chi connectivity index (χ3n) is 6.23. The Morgan fingerprint density at radius 2 is 1.45 bits per heavy atom. The highest BCUT2D eigenvalue weighted by atomic mass is 19.1. The smallest absolute Gasteiger partial charge is 0.254 e. The predicted octanol–water partition coefficient (Wildman–Crippen LogP) is 4.86. The SMILES string of the molecule is Cc1cc(N2CCN(c3ccc(F)cc3)CC2)n2nc(-c3ccc(C(C)(C)C)cc3)nc2n1. The number of nitrogens with zero attached hydrogens (tertiary/aromatic N) is 6. The predicted molar refractivity (Wildman–Crippen MR) is 130 cm³/mol. The van der Waals surface area contributed by atoms with Gasteiger partial charge in [0.25, 0.3) is 5.78 Å². The molecule has 1 aliphatic rings. The summed E-state index contributed by atoms with van der Waals surface area (Å²) in [6.45, 7) is 12.0. The molecule has 1 aliphatic heterocycles. The lowest BCUT2D eigenvalue weighted by molar-refractivity contribution is 0.590. The fraction of sp³-hybridized carbons (Fsp3) is 0.346. The van der Waals surface area contributed by atoms with E-state index in [0.29, 0.717) is 11.6 Å². The first kappa shape index (κ1) is 21.4. The maximum Gasteiger partial charge on any atom is 0.254 e. The van der Waals surface area contributed by atoms with E-state index in [1.165, 1.54) is 17.7 Å². The number of rotatable bonds is 3. The first-order valence-electron chi connectivity index (χ1n) is 11.4. The van der Waals surface area contributed by atoms with E-state index in [0.717, 1.165) is 48.9 Å². The van der Waals surface area contributed by atoms with Crippen molar-refractivity contribution in [1.29, 1.82) is 0 Å². The Balaban J connectivity index is 1.41. The number of piperazine rings is 1. The molecule has 170 valence electrons. The lowest BCUT2D eigenvalue weighted by Gasteiger charge is -2.37. The lowest BCUT2D eigenvalue weighted by atomic mass is 9.87. The highest BCUT2D eigenvalue weighted by molar-refractivity contribution is 5.60. The molecule has 5 rings (SSSR count). The minimum atomic E-state index is -0.206. The molecular weight excluding hydrogens is 415 g/mol. The summed E-state index contributed by atoms with van der Waals surface area (Å²) >= 11 is 0. The van der Waals surface area contributed by atoms with Crippen LogP contribution in [-0.2, 0) is 5.41 Å². The van der Waals surface area contributed by atoms with Gasteiger partial charge in [-0.2, -0.15) is 9.50 Å². The van der Waals surface area contributed by atoms with Gasteiger partial charge in [-0.1, -0.05) is 45.0 Å². The number of benzene rings is 2. The van der Waals surface area contributed by atoms with Gasteiger partial charge in [0.2, 0.25) is 0 Å². The molecule has 7 heteroatoms. The van der Waals surface area contributed by atoms with Crippen LogP contribution in [0, 0.1) is 12.7 Å². The molecule has 0 spiro atoms. The second kappa shape index (κ2) is 8.14. The number of fused-ring (bicyclic) bond motifs is 1. The molecule has 0 bridgehead atoms. The molecule has 0 saturated carbocycles. The summed E-state index contributed by atoms with van der Waals surface area (Å²) in [5.41, 5.74) is 4.34. The molecule has 3 heterocycles. The van der Waals surface area contributed by atoms with Crippen molar-refractivity contribution in [2.45, 2.75) is 33.1 Å². The zero-order valence-electron chi connectivity index (χ0n) is 19.6. The number of halogens is 1. The molecule has 0 atom stereocenters. The van der Waals surface area contributed by atoms with Crippen molar-refractivity contribution in [2.24, 2.45) is 0 Å². The van der Waals surface area contributed by atoms with Crippen molar-refractivity contribution in [1.82, 2.24) is 19.6 Å². The normalized spacial score (nSPS) is 14.8. The maximum atomic E-state index is 13.3. The van der Waals surface area contributed by atoms with Crippen LogP contribution in [0.2, 0.25) is 0 Å². The molecule has 0 radical (unpaired) electrons. The summed E-state index contributed by atoms with van der Waals surface area (Å²) in [5, 5.41) is 4.82. The van der Waals surface area contributed by atoms with Crippen LogP contribution in [0.3, 0.4) is 0 Å². The average Bonchev–Trinajstić information content (AvgIpc) is 3.23. The van der Waals surface area contributed by atoms with Crippen LogP contribution in [-0.4, -0.2) is 45.8 Å². The number of aryl methyl sites for hydroxylation is 1. The zero-order chi connectivity index (χ0) is 23.2. The maximum absolute atomic E-state index is 13.3. The van der Waals surface area contributed by atoms with Gasteiger partial charge in [0.15, 0.2) is 5.82 Å². The van der Waals surface area contributed by atoms with Gasteiger partial charge in [0.05, 0.1) is 0 Å². The van der Waals surface area contributed by atoms with Crippen LogP contribution >= 0.6 is 0 Å². The summed E-state index contributed by atoms with van der Waals surface area (Å²) < 4.78 is 15.1. The van der Waals surface area contributed by atoms with E-state index in [9.17, 15) is 4.39 Å². The molecule has 33 heavy (non-hydrogen) atoms. The standard InChI is InChI=1S/C26H29FN6/c1-18-17-23(32-15-13-31(14-16-32)22-11-9-21(27)10-12-22)33-25(28-18)29-24(30-33)19-5-7-20(8-6-19)26(2,3)4/h5-12,17H,13-16H2,1-4H3. The van der Waals surface area contributed by atoms with E-state index in [-0.39, 0.29) is 11.2 Å². The van der Waals surface area contributed by atoms with Gasteiger partial charge in [0.1, 0.15) is 11.6 Å². The molecule has 4 aromatic rings. The molecule has 0 unspecified atom stereocenters. The van der Waals surface area contributed by atoms with Crippen LogP contribution in [0.15, 0.2) is 54.6 Å². The van der Waals surface area contributed by atoms with Crippen molar-refractivity contribution in [3.05, 3.63) is 71.7 Å². The summed E-state index contributed by atoms with van der Waals surface area (Å²) in [6.07, 6.45) is 0. The van der Waals surface area contributed by atoms with Gasteiger partial charge in [-0.05, 0) is 42.2 Å². The fourth-order valence-corrected chi connectivity index (χ4v) is 4.28. The molecule has 0 N–H and O–H groups in total. The first-order valence-corrected chi connectivity index (χ1v) is 11.4. The molecule has 2 aromatic carbocycles. The van der Waals surface area contributed by atoms with Crippen molar-refractivity contribution in [2.75, 3.05) is 36.0 Å². The lowest BCUT2D eigenvalue weighted by Crippen LogP contribution is -2.47. The third kappa shape index (κ3) is 4.27. The summed E-state index contributed by atoms with van der Waals surface area (Å²) in [5.74, 6) is 2.09. The Bertz CT molecular complexity index is 1260. The largest absolute Gasteiger partial charge is 0.368 e. The van der Waals surface area contributed by atoms with Gasteiger partial charge in [-0.3, -0.25) is 0 Å². The topological polar surface area (TPSA) is 49.6 Å². The first-order chi connectivity index (χ1) is 15.8. The van der Waals surface area contributed by atoms with Crippen molar-refractivity contribution < 1.29 is 4.39 Å². The Kier molecular flexibility index (Phi) is 5.27. The molecule has 6 nitrogen and oxygen atoms in total. The van der Waals surface area contributed by atoms with E-state index in [1.54, 1.807) is 0 Å². The zero-order valence-corrected chi connectivity index (χ0v) is 19.6. The Morgan fingerprint density at radius 1 is 0.818 bits per heavy atom. The number of anilines is 2. The van der Waals surface area contributed by atoms with Gasteiger partial charge in [0, 0.05) is 49.2 Å². The number of hydrogen-bond donors (Lipinski definition) is 0. The van der Waals surface area contributed by atoms with Crippen molar-refractivity contribution in [3.8, 4) is 11.4 Å². The van der Waals surface area contributed by atoms with Gasteiger partial charge in [-0.25, -0.2) is 9.37 Å². The Morgan fingerprint density at radius 3 is 2.09 bits per heavy atom. The minimum absolute atomic E-state index is 0.104. The van der Waals surface area contributed by atoms with E-state index in [2.05, 4.69) is 65.9 Å². The fourth-order valence-electron chi connectivity index (χ4n) is 4.28. The Hall–Kier alpha value is -3.48. The molecule has 1 saturated heterocycles. The van der Waals surface area contributed by atoms with Crippen molar-refractivity contribution in [3.63, 3.8) is 0 Å². The molecule has 0 aliphatic carbocycles. The van der Waals surface area contributed by atoms with Crippen LogP contribution in [0.25, 0.3) is 17.2 Å². The van der Waals surface area contributed by atoms with E-state index >= 15 is 0 Å². The monoisotopic (exact) mass is 444 g/mol. The molecule has 2 aromatic heterocycles. The second-order valence-corrected chi connectivity index (χ2v) is 9.68. The molecule has 1 fully saturated rings. The third-order valence-corrected chi connectivity index (χ3v) is 6.23. The van der Waals surface area contributed by atoms with Gasteiger partial charge >= 0.3 is 0 Å². The molecular formula is C26H29FN6. The molecule has 0 amide bonds. The number of hydrogen-bond acceptors (Lipinski definition) is 5. The van der Waals surface area contributed by atoms with Crippen LogP contribution < -0.4 is 9.80 Å². The average molecular weight is 445 g/mol. The van der Waals surface area contributed by atoms with Crippen LogP contribution in [0.5, 0.6) is 0 Å². The van der Waals surface area contributed by atoms with Crippen LogP contribution in [0.1, 0.15) is 32.0 Å². The highest BCUT2D eigenvalue weighted by Gasteiger charge is 2.22. The Labute approximate surface area is 193 Å². The van der Waals surface area contributed by atoms with Crippen LogP contribution in [0.4, 0.5) is 15.9 Å². The van der Waals surface area contributed by atoms with Crippen molar-refractivity contribution >= 4 is 17.3 Å². The second-order valence-electron chi connectivity index (χ2n) is 9.68. The highest BCUT2D eigenvalue weighted by Crippen LogP contribution is 2.27. The van der Waals surface area contributed by atoms with E-state index < -0.39 is 0 Å². The number of aromatic nitrogens is 4. The minimum Gasteiger partial charge on any atom is -0.368 e. The summed E-state index contributed by atoms with van der Waals surface area (Å²) in [7, 11) is 0. The van der Waals surface area contributed by atoms with Gasteiger partial charge in [-0.15, -0.1) is 5.10 Å².